The molecule has 2 aromatic carbocycles. The highest BCUT2D eigenvalue weighted by Gasteiger charge is 2.35. The summed E-state index contributed by atoms with van der Waals surface area (Å²) in [6, 6.07) is 8.25. The number of hydrogen-bond acceptors (Lipinski definition) is 5. The second-order valence-corrected chi connectivity index (χ2v) is 8.84. The van der Waals surface area contributed by atoms with Crippen molar-refractivity contribution in [3.05, 3.63) is 52.3 Å². The number of aliphatic imine (C=N–C) groups is 1. The van der Waals surface area contributed by atoms with E-state index in [1.165, 1.54) is 36.4 Å². The smallest absolute Gasteiger partial charge is 0.238 e. The Labute approximate surface area is 193 Å². The molecule has 1 saturated heterocycles. The van der Waals surface area contributed by atoms with Gasteiger partial charge >= 0.3 is 0 Å². The first-order valence-corrected chi connectivity index (χ1v) is 11.2. The number of thioether (sulfide) groups is 1. The molecule has 2 amide bonds. The number of amidine groups is 1. The molecule has 1 atom stereocenters. The van der Waals surface area contributed by atoms with Crippen LogP contribution in [0.3, 0.4) is 0 Å². The van der Waals surface area contributed by atoms with E-state index in [1.54, 1.807) is 4.90 Å². The van der Waals surface area contributed by atoms with Gasteiger partial charge in [0, 0.05) is 18.7 Å². The summed E-state index contributed by atoms with van der Waals surface area (Å²) in [7, 11) is 0. The molecule has 0 aromatic heterocycles. The van der Waals surface area contributed by atoms with Gasteiger partial charge in [0.25, 0.3) is 0 Å². The average molecular weight is 484 g/mol. The molecule has 31 heavy (non-hydrogen) atoms. The monoisotopic (exact) mass is 483 g/mol. The minimum atomic E-state index is -0.711. The van der Waals surface area contributed by atoms with Crippen LogP contribution in [0.4, 0.5) is 15.8 Å². The Morgan fingerprint density at radius 3 is 2.55 bits per heavy atom. The van der Waals surface area contributed by atoms with Crippen LogP contribution in [0.15, 0.2) is 41.4 Å². The SMILES string of the molecule is CCCCN1C(=O)C[C@@H](C(=O)Nc2ccc(F)cc2)SC1=Nc1cc(Cl)c(O)c(Cl)c1. The highest BCUT2D eigenvalue weighted by molar-refractivity contribution is 8.15. The molecule has 164 valence electrons. The zero-order valence-electron chi connectivity index (χ0n) is 16.6. The van der Waals surface area contributed by atoms with Crippen LogP contribution in [-0.4, -0.2) is 38.8 Å². The van der Waals surface area contributed by atoms with Crippen LogP contribution in [0, 0.1) is 5.82 Å². The molecule has 2 N–H and O–H groups in total. The summed E-state index contributed by atoms with van der Waals surface area (Å²) in [5, 5.41) is 12.2. The van der Waals surface area contributed by atoms with Crippen LogP contribution in [0.5, 0.6) is 5.75 Å². The Kier molecular flexibility index (Phi) is 7.80. The van der Waals surface area contributed by atoms with E-state index in [0.717, 1.165) is 24.6 Å². The molecule has 2 aromatic rings. The number of phenols is 1. The van der Waals surface area contributed by atoms with Crippen molar-refractivity contribution in [1.29, 1.82) is 0 Å². The largest absolute Gasteiger partial charge is 0.505 e. The van der Waals surface area contributed by atoms with Crippen molar-refractivity contribution in [2.24, 2.45) is 4.99 Å². The van der Waals surface area contributed by atoms with Gasteiger partial charge < -0.3 is 10.4 Å². The van der Waals surface area contributed by atoms with Crippen molar-refractivity contribution in [2.45, 2.75) is 31.4 Å². The van der Waals surface area contributed by atoms with Crippen LogP contribution in [0.2, 0.25) is 10.0 Å². The average Bonchev–Trinajstić information content (AvgIpc) is 2.73. The quantitative estimate of drug-likeness (QED) is 0.560. The summed E-state index contributed by atoms with van der Waals surface area (Å²) in [5.41, 5.74) is 0.785. The fraction of sp³-hybridized carbons (Fsp3) is 0.286. The third-order valence-electron chi connectivity index (χ3n) is 4.51. The number of unbranched alkanes of at least 4 members (excludes halogenated alkanes) is 1. The molecule has 0 saturated carbocycles. The number of amides is 2. The standard InChI is InChI=1S/C21H20Cl2FN3O3S/c1-2-3-8-27-18(28)11-17(20(30)25-13-6-4-12(24)5-7-13)31-21(27)26-14-9-15(22)19(29)16(23)10-14/h4-7,9-10,17,29H,2-3,8,11H2,1H3,(H,25,30)/t17-/m0/s1. The van der Waals surface area contributed by atoms with E-state index in [0.29, 0.717) is 23.1 Å². The lowest BCUT2D eigenvalue weighted by Gasteiger charge is -2.31. The minimum Gasteiger partial charge on any atom is -0.505 e. The predicted molar refractivity (Wildman–Crippen MR) is 123 cm³/mol. The molecular formula is C21H20Cl2FN3O3S. The lowest BCUT2D eigenvalue weighted by molar-refractivity contribution is -0.129. The summed E-state index contributed by atoms with van der Waals surface area (Å²) in [6.45, 7) is 2.48. The summed E-state index contributed by atoms with van der Waals surface area (Å²) in [6.07, 6.45) is 1.67. The number of aromatic hydroxyl groups is 1. The van der Waals surface area contributed by atoms with Gasteiger partial charge in [-0.3, -0.25) is 14.5 Å². The fourth-order valence-electron chi connectivity index (χ4n) is 2.86. The molecule has 1 heterocycles. The predicted octanol–water partition coefficient (Wildman–Crippen LogP) is 5.60. The number of carbonyl (C=O) groups excluding carboxylic acids is 2. The van der Waals surface area contributed by atoms with Gasteiger partial charge in [0.05, 0.1) is 15.7 Å². The third-order valence-corrected chi connectivity index (χ3v) is 6.27. The Balaban J connectivity index is 1.86. The summed E-state index contributed by atoms with van der Waals surface area (Å²) in [5.74, 6) is -1.26. The van der Waals surface area contributed by atoms with Gasteiger partial charge in [0.1, 0.15) is 11.1 Å². The second kappa shape index (κ2) is 10.3. The van der Waals surface area contributed by atoms with Crippen molar-refractivity contribution in [2.75, 3.05) is 11.9 Å². The van der Waals surface area contributed by atoms with Gasteiger partial charge in [-0.1, -0.05) is 48.3 Å². The Hall–Kier alpha value is -2.29. The first-order valence-electron chi connectivity index (χ1n) is 9.58. The maximum atomic E-state index is 13.1. The topological polar surface area (TPSA) is 82.0 Å². The molecule has 6 nitrogen and oxygen atoms in total. The summed E-state index contributed by atoms with van der Waals surface area (Å²) >= 11 is 13.1. The van der Waals surface area contributed by atoms with Crippen molar-refractivity contribution in [3.63, 3.8) is 0 Å². The molecule has 0 spiro atoms. The first kappa shape index (κ1) is 23.4. The van der Waals surface area contributed by atoms with E-state index in [2.05, 4.69) is 10.3 Å². The van der Waals surface area contributed by atoms with E-state index < -0.39 is 11.1 Å². The summed E-state index contributed by atoms with van der Waals surface area (Å²) in [4.78, 5) is 31.6. The molecule has 0 bridgehead atoms. The molecule has 10 heteroatoms. The maximum absolute atomic E-state index is 13.1. The molecule has 0 radical (unpaired) electrons. The second-order valence-electron chi connectivity index (χ2n) is 6.86. The minimum absolute atomic E-state index is 0.0114. The molecule has 3 rings (SSSR count). The number of hydrogen-bond donors (Lipinski definition) is 2. The Morgan fingerprint density at radius 2 is 1.94 bits per heavy atom. The Morgan fingerprint density at radius 1 is 1.29 bits per heavy atom. The summed E-state index contributed by atoms with van der Waals surface area (Å²) < 4.78 is 13.1. The number of anilines is 1. The molecular weight excluding hydrogens is 464 g/mol. The lowest BCUT2D eigenvalue weighted by atomic mass is 10.2. The van der Waals surface area contributed by atoms with Gasteiger partial charge in [0.15, 0.2) is 10.9 Å². The highest BCUT2D eigenvalue weighted by Crippen LogP contribution is 2.37. The number of carbonyl (C=O) groups is 2. The number of phenolic OH excluding ortho intramolecular Hbond substituents is 1. The third kappa shape index (κ3) is 5.90. The number of rotatable bonds is 6. The number of nitrogens with zero attached hydrogens (tertiary/aromatic N) is 2. The van der Waals surface area contributed by atoms with E-state index in [1.807, 2.05) is 6.92 Å². The number of nitrogens with one attached hydrogen (secondary N) is 1. The van der Waals surface area contributed by atoms with Crippen LogP contribution < -0.4 is 5.32 Å². The van der Waals surface area contributed by atoms with Gasteiger partial charge in [0.2, 0.25) is 11.8 Å². The zero-order chi connectivity index (χ0) is 22.5. The zero-order valence-corrected chi connectivity index (χ0v) is 18.9. The fourth-order valence-corrected chi connectivity index (χ4v) is 4.46. The number of halogens is 3. The van der Waals surface area contributed by atoms with Gasteiger partial charge in [-0.2, -0.15) is 0 Å². The van der Waals surface area contributed by atoms with Crippen molar-refractivity contribution in [3.8, 4) is 5.75 Å². The van der Waals surface area contributed by atoms with Gasteiger partial charge in [-0.05, 0) is 42.8 Å². The van der Waals surface area contributed by atoms with Gasteiger partial charge in [-0.25, -0.2) is 9.38 Å². The maximum Gasteiger partial charge on any atom is 0.238 e. The van der Waals surface area contributed by atoms with E-state index >= 15 is 0 Å². The molecule has 0 aliphatic carbocycles. The van der Waals surface area contributed by atoms with Crippen molar-refractivity contribution in [1.82, 2.24) is 4.90 Å². The van der Waals surface area contributed by atoms with E-state index in [-0.39, 0.29) is 34.0 Å². The molecule has 1 aliphatic rings. The van der Waals surface area contributed by atoms with Crippen LogP contribution in [0.25, 0.3) is 0 Å². The van der Waals surface area contributed by atoms with Crippen LogP contribution >= 0.6 is 35.0 Å². The first-order chi connectivity index (χ1) is 14.8. The van der Waals surface area contributed by atoms with E-state index in [4.69, 9.17) is 23.2 Å². The molecule has 1 fully saturated rings. The van der Waals surface area contributed by atoms with Crippen LogP contribution in [-0.2, 0) is 9.59 Å². The van der Waals surface area contributed by atoms with Crippen molar-refractivity contribution >= 4 is 63.3 Å². The van der Waals surface area contributed by atoms with Crippen molar-refractivity contribution < 1.29 is 19.1 Å². The number of benzene rings is 2. The molecule has 0 unspecified atom stereocenters. The van der Waals surface area contributed by atoms with Crippen LogP contribution in [0.1, 0.15) is 26.2 Å². The lowest BCUT2D eigenvalue weighted by Crippen LogP contribution is -2.45. The van der Waals surface area contributed by atoms with E-state index in [9.17, 15) is 19.1 Å². The highest BCUT2D eigenvalue weighted by atomic mass is 35.5. The van der Waals surface area contributed by atoms with Gasteiger partial charge in [-0.15, -0.1) is 0 Å². The normalized spacial score (nSPS) is 17.8. The molecule has 1 aliphatic heterocycles. The Bertz CT molecular complexity index is 994.